The molecule has 2 rings (SSSR count). The Bertz CT molecular complexity index is 495. The van der Waals surface area contributed by atoms with Crippen molar-refractivity contribution in [2.45, 2.75) is 52.5 Å². The lowest BCUT2D eigenvalue weighted by atomic mass is 9.83. The van der Waals surface area contributed by atoms with E-state index in [4.69, 9.17) is 5.73 Å². The number of para-hydroxylation sites is 1. The van der Waals surface area contributed by atoms with E-state index >= 15 is 0 Å². The highest BCUT2D eigenvalue weighted by Crippen LogP contribution is 2.38. The summed E-state index contributed by atoms with van der Waals surface area (Å²) in [6, 6.07) is 8.46. The predicted octanol–water partition coefficient (Wildman–Crippen LogP) is 3.71. The van der Waals surface area contributed by atoms with Gasteiger partial charge < -0.3 is 10.6 Å². The van der Waals surface area contributed by atoms with E-state index in [9.17, 15) is 0 Å². The van der Waals surface area contributed by atoms with Crippen LogP contribution in [0.4, 0.5) is 5.69 Å². The van der Waals surface area contributed by atoms with E-state index in [1.165, 1.54) is 17.7 Å². The first-order valence-corrected chi connectivity index (χ1v) is 7.70. The molecule has 1 aromatic rings. The van der Waals surface area contributed by atoms with Crippen molar-refractivity contribution >= 4 is 11.6 Å². The van der Waals surface area contributed by atoms with Gasteiger partial charge in [-0.2, -0.15) is 0 Å². The first-order chi connectivity index (χ1) is 9.54. The van der Waals surface area contributed by atoms with Gasteiger partial charge >= 0.3 is 0 Å². The van der Waals surface area contributed by atoms with Crippen LogP contribution >= 0.6 is 0 Å². The molecule has 110 valence electrons. The van der Waals surface area contributed by atoms with Crippen LogP contribution in [-0.2, 0) is 0 Å². The van der Waals surface area contributed by atoms with Crippen molar-refractivity contribution in [1.29, 1.82) is 0 Å². The summed E-state index contributed by atoms with van der Waals surface area (Å²) in [5.74, 6) is 1.35. The summed E-state index contributed by atoms with van der Waals surface area (Å²) in [6.45, 7) is 9.79. The molecule has 1 aliphatic heterocycles. The van der Waals surface area contributed by atoms with Crippen LogP contribution in [0.5, 0.6) is 0 Å². The summed E-state index contributed by atoms with van der Waals surface area (Å²) < 4.78 is 0. The van der Waals surface area contributed by atoms with Crippen molar-refractivity contribution in [2.24, 2.45) is 16.6 Å². The molecule has 0 fully saturated rings. The largest absolute Gasteiger partial charge is 0.369 e. The van der Waals surface area contributed by atoms with Gasteiger partial charge in [-0.15, -0.1) is 0 Å². The van der Waals surface area contributed by atoms with Crippen LogP contribution in [0, 0.1) is 12.8 Å². The first kappa shape index (κ1) is 14.9. The molecule has 2 atom stereocenters. The Morgan fingerprint density at radius 3 is 2.65 bits per heavy atom. The number of rotatable bonds is 5. The zero-order chi connectivity index (χ0) is 14.8. The minimum atomic E-state index is 0.0472. The third-order valence-electron chi connectivity index (χ3n) is 4.68. The van der Waals surface area contributed by atoms with Crippen LogP contribution in [0.2, 0.25) is 0 Å². The van der Waals surface area contributed by atoms with Gasteiger partial charge in [-0.05, 0) is 37.3 Å². The number of nitrogens with two attached hydrogens (primary N) is 1. The van der Waals surface area contributed by atoms with Gasteiger partial charge in [0.15, 0.2) is 5.96 Å². The molecule has 1 heterocycles. The van der Waals surface area contributed by atoms with Crippen LogP contribution in [0.1, 0.15) is 45.6 Å². The van der Waals surface area contributed by atoms with Crippen molar-refractivity contribution in [3.05, 3.63) is 29.8 Å². The number of hydrogen-bond donors (Lipinski definition) is 1. The molecular weight excluding hydrogens is 246 g/mol. The van der Waals surface area contributed by atoms with Crippen LogP contribution in [0.15, 0.2) is 29.3 Å². The van der Waals surface area contributed by atoms with Crippen molar-refractivity contribution in [3.63, 3.8) is 0 Å². The Balaban J connectivity index is 2.41. The lowest BCUT2D eigenvalue weighted by molar-refractivity contribution is 0.333. The molecule has 3 nitrogen and oxygen atoms in total. The monoisotopic (exact) mass is 273 g/mol. The fourth-order valence-electron chi connectivity index (χ4n) is 3.17. The maximum atomic E-state index is 6.22. The van der Waals surface area contributed by atoms with E-state index in [1.807, 2.05) is 0 Å². The van der Waals surface area contributed by atoms with Crippen molar-refractivity contribution in [3.8, 4) is 0 Å². The Morgan fingerprint density at radius 1 is 1.35 bits per heavy atom. The quantitative estimate of drug-likeness (QED) is 0.888. The topological polar surface area (TPSA) is 41.6 Å². The number of benzene rings is 1. The number of aryl methyl sites for hydroxylation is 1. The van der Waals surface area contributed by atoms with E-state index in [-0.39, 0.29) is 5.54 Å². The number of hydrogen-bond acceptors (Lipinski definition) is 3. The van der Waals surface area contributed by atoms with E-state index in [0.29, 0.717) is 11.9 Å². The molecule has 0 spiro atoms. The fraction of sp³-hybridized carbons (Fsp3) is 0.588. The summed E-state index contributed by atoms with van der Waals surface area (Å²) >= 11 is 0. The van der Waals surface area contributed by atoms with E-state index in [1.54, 1.807) is 0 Å². The highest BCUT2D eigenvalue weighted by atomic mass is 15.4. The van der Waals surface area contributed by atoms with Gasteiger partial charge in [0.1, 0.15) is 0 Å². The second-order valence-corrected chi connectivity index (χ2v) is 6.09. The lowest BCUT2D eigenvalue weighted by Crippen LogP contribution is -2.52. The summed E-state index contributed by atoms with van der Waals surface area (Å²) in [4.78, 5) is 6.85. The van der Waals surface area contributed by atoms with Crippen LogP contribution in [-0.4, -0.2) is 18.0 Å². The minimum Gasteiger partial charge on any atom is -0.369 e. The van der Waals surface area contributed by atoms with Crippen molar-refractivity contribution < 1.29 is 0 Å². The number of anilines is 1. The third-order valence-corrected chi connectivity index (χ3v) is 4.68. The minimum absolute atomic E-state index is 0.0472. The van der Waals surface area contributed by atoms with E-state index < -0.39 is 0 Å². The molecule has 3 heteroatoms. The molecule has 0 aliphatic carbocycles. The maximum absolute atomic E-state index is 6.22. The standard InChI is InChI=1S/C17H27N3/c1-5-13(3)11-17(6-2)12-19-16(18)20(17)15-10-8-7-9-14(15)4/h7-10,13H,5-6,11-12H2,1-4H3,(H2,18,19). The van der Waals surface area contributed by atoms with Crippen molar-refractivity contribution in [2.75, 3.05) is 11.4 Å². The SMILES string of the molecule is CCC(C)CC1(CC)CN=C(N)N1c1ccccc1C. The van der Waals surface area contributed by atoms with Crippen LogP contribution < -0.4 is 10.6 Å². The Hall–Kier alpha value is -1.51. The lowest BCUT2D eigenvalue weighted by Gasteiger charge is -2.41. The maximum Gasteiger partial charge on any atom is 0.196 e. The highest BCUT2D eigenvalue weighted by Gasteiger charge is 2.42. The van der Waals surface area contributed by atoms with Crippen LogP contribution in [0.3, 0.4) is 0 Å². The number of aliphatic imine (C=N–C) groups is 1. The average molecular weight is 273 g/mol. The van der Waals surface area contributed by atoms with Gasteiger partial charge in [0, 0.05) is 5.69 Å². The third kappa shape index (κ3) is 2.54. The molecule has 0 amide bonds. The smallest absolute Gasteiger partial charge is 0.196 e. The summed E-state index contributed by atoms with van der Waals surface area (Å²) in [7, 11) is 0. The molecule has 1 aliphatic rings. The Morgan fingerprint density at radius 2 is 2.05 bits per heavy atom. The molecule has 1 aromatic carbocycles. The van der Waals surface area contributed by atoms with Gasteiger partial charge in [-0.3, -0.25) is 4.99 Å². The van der Waals surface area contributed by atoms with Gasteiger partial charge in [0.25, 0.3) is 0 Å². The molecule has 2 unspecified atom stereocenters. The summed E-state index contributed by atoms with van der Waals surface area (Å²) in [5.41, 5.74) is 8.74. The zero-order valence-corrected chi connectivity index (χ0v) is 13.2. The van der Waals surface area contributed by atoms with E-state index in [0.717, 1.165) is 19.4 Å². The number of guanidine groups is 1. The second-order valence-electron chi connectivity index (χ2n) is 6.09. The molecule has 0 bridgehead atoms. The summed E-state index contributed by atoms with van der Waals surface area (Å²) in [5, 5.41) is 0. The van der Waals surface area contributed by atoms with Gasteiger partial charge in [0.05, 0.1) is 12.1 Å². The van der Waals surface area contributed by atoms with Gasteiger partial charge in [-0.1, -0.05) is 45.4 Å². The highest BCUT2D eigenvalue weighted by molar-refractivity contribution is 5.98. The van der Waals surface area contributed by atoms with Gasteiger partial charge in [0.2, 0.25) is 0 Å². The van der Waals surface area contributed by atoms with Crippen molar-refractivity contribution in [1.82, 2.24) is 0 Å². The molecular formula is C17H27N3. The van der Waals surface area contributed by atoms with Gasteiger partial charge in [-0.25, -0.2) is 0 Å². The average Bonchev–Trinajstić information content (AvgIpc) is 2.77. The Labute approximate surface area is 122 Å². The molecule has 0 aromatic heterocycles. The first-order valence-electron chi connectivity index (χ1n) is 7.70. The second kappa shape index (κ2) is 5.86. The molecule has 0 saturated heterocycles. The molecule has 0 saturated carbocycles. The fourth-order valence-corrected chi connectivity index (χ4v) is 3.17. The summed E-state index contributed by atoms with van der Waals surface area (Å²) in [6.07, 6.45) is 3.40. The van der Waals surface area contributed by atoms with Crippen LogP contribution in [0.25, 0.3) is 0 Å². The normalized spacial score (nSPS) is 23.8. The molecule has 20 heavy (non-hydrogen) atoms. The number of nitrogens with zero attached hydrogens (tertiary/aromatic N) is 2. The predicted molar refractivity (Wildman–Crippen MR) is 87.2 cm³/mol. The zero-order valence-electron chi connectivity index (χ0n) is 13.2. The van der Waals surface area contributed by atoms with E-state index in [2.05, 4.69) is 61.9 Å². The molecule has 2 N–H and O–H groups in total. The Kier molecular flexibility index (Phi) is 4.36. The molecule has 0 radical (unpaired) electrons.